The van der Waals surface area contributed by atoms with Gasteiger partial charge in [-0.2, -0.15) is 0 Å². The Balaban J connectivity index is 2.21. The number of carbonyl (C=O) groups is 2. The number of ether oxygens (including phenoxy) is 2. The summed E-state index contributed by atoms with van der Waals surface area (Å²) in [5.41, 5.74) is 0.698. The van der Waals surface area contributed by atoms with Crippen LogP contribution in [0.15, 0.2) is 24.3 Å². The lowest BCUT2D eigenvalue weighted by Gasteiger charge is -2.05. The van der Waals surface area contributed by atoms with Crippen molar-refractivity contribution in [3.05, 3.63) is 35.6 Å². The second-order valence-corrected chi connectivity index (χ2v) is 4.01. The lowest BCUT2D eigenvalue weighted by atomic mass is 10.2. The van der Waals surface area contributed by atoms with E-state index in [0.29, 0.717) is 12.2 Å². The topological polar surface area (TPSA) is 52.6 Å². The van der Waals surface area contributed by atoms with Gasteiger partial charge in [0.05, 0.1) is 19.4 Å². The van der Waals surface area contributed by atoms with Crippen molar-refractivity contribution in [3.63, 3.8) is 0 Å². The van der Waals surface area contributed by atoms with Crippen LogP contribution in [0.3, 0.4) is 0 Å². The summed E-state index contributed by atoms with van der Waals surface area (Å²) in [7, 11) is 0. The SMILES string of the molecule is CCCOC(=O)CCC(=O)OCc1ccc(F)cc1. The van der Waals surface area contributed by atoms with Gasteiger partial charge in [0.25, 0.3) is 0 Å². The molecule has 0 heterocycles. The van der Waals surface area contributed by atoms with Gasteiger partial charge in [-0.05, 0) is 24.1 Å². The van der Waals surface area contributed by atoms with Crippen molar-refractivity contribution in [1.29, 1.82) is 0 Å². The fraction of sp³-hybridized carbons (Fsp3) is 0.429. The van der Waals surface area contributed by atoms with Gasteiger partial charge in [0, 0.05) is 0 Å². The highest BCUT2D eigenvalue weighted by atomic mass is 19.1. The van der Waals surface area contributed by atoms with E-state index in [1.54, 1.807) is 0 Å². The molecular formula is C14H17FO4. The van der Waals surface area contributed by atoms with Gasteiger partial charge in [0.15, 0.2) is 0 Å². The van der Waals surface area contributed by atoms with Crippen LogP contribution in [0, 0.1) is 5.82 Å². The molecule has 0 aliphatic rings. The summed E-state index contributed by atoms with van der Waals surface area (Å²) in [5, 5.41) is 0. The van der Waals surface area contributed by atoms with Crippen molar-refractivity contribution >= 4 is 11.9 Å². The van der Waals surface area contributed by atoms with E-state index >= 15 is 0 Å². The number of carbonyl (C=O) groups excluding carboxylic acids is 2. The first kappa shape index (κ1) is 15.1. The van der Waals surface area contributed by atoms with Crippen LogP contribution in [0.2, 0.25) is 0 Å². The Labute approximate surface area is 111 Å². The van der Waals surface area contributed by atoms with Crippen LogP contribution in [-0.2, 0) is 25.7 Å². The minimum absolute atomic E-state index is 0.0102. The number of hydrogen-bond acceptors (Lipinski definition) is 4. The molecule has 4 nitrogen and oxygen atoms in total. The normalized spacial score (nSPS) is 10.0. The minimum Gasteiger partial charge on any atom is -0.466 e. The molecule has 0 saturated heterocycles. The maximum absolute atomic E-state index is 12.6. The molecule has 0 unspecified atom stereocenters. The molecule has 0 aromatic heterocycles. The first-order valence-corrected chi connectivity index (χ1v) is 6.17. The lowest BCUT2D eigenvalue weighted by Crippen LogP contribution is -2.10. The number of halogens is 1. The Morgan fingerprint density at radius 3 is 2.21 bits per heavy atom. The summed E-state index contributed by atoms with van der Waals surface area (Å²) in [6.07, 6.45) is 0.757. The summed E-state index contributed by atoms with van der Waals surface area (Å²) in [6, 6.07) is 5.67. The van der Waals surface area contributed by atoms with E-state index in [-0.39, 0.29) is 25.3 Å². The molecule has 19 heavy (non-hydrogen) atoms. The zero-order valence-corrected chi connectivity index (χ0v) is 10.9. The molecule has 0 N–H and O–H groups in total. The maximum Gasteiger partial charge on any atom is 0.306 e. The molecule has 5 heteroatoms. The van der Waals surface area contributed by atoms with Gasteiger partial charge in [-0.3, -0.25) is 9.59 Å². The van der Waals surface area contributed by atoms with Gasteiger partial charge in [0.1, 0.15) is 12.4 Å². The van der Waals surface area contributed by atoms with Gasteiger partial charge >= 0.3 is 11.9 Å². The molecule has 0 aliphatic heterocycles. The Bertz CT molecular complexity index is 414. The summed E-state index contributed by atoms with van der Waals surface area (Å²) >= 11 is 0. The first-order chi connectivity index (χ1) is 9.11. The number of rotatable bonds is 7. The van der Waals surface area contributed by atoms with Gasteiger partial charge in [-0.25, -0.2) is 4.39 Å². The van der Waals surface area contributed by atoms with Crippen LogP contribution >= 0.6 is 0 Å². The fourth-order valence-electron chi connectivity index (χ4n) is 1.31. The number of benzene rings is 1. The molecule has 1 aromatic carbocycles. The Hall–Kier alpha value is -1.91. The van der Waals surface area contributed by atoms with Gasteiger partial charge in [0.2, 0.25) is 0 Å². The fourth-order valence-corrected chi connectivity index (χ4v) is 1.31. The van der Waals surface area contributed by atoms with Crippen LogP contribution in [0.5, 0.6) is 0 Å². The minimum atomic E-state index is -0.474. The van der Waals surface area contributed by atoms with E-state index in [9.17, 15) is 14.0 Å². The molecule has 1 aromatic rings. The monoisotopic (exact) mass is 268 g/mol. The van der Waals surface area contributed by atoms with Crippen molar-refractivity contribution in [2.45, 2.75) is 32.8 Å². The number of hydrogen-bond donors (Lipinski definition) is 0. The predicted octanol–water partition coefficient (Wildman–Crippen LogP) is 2.60. The summed E-state index contributed by atoms with van der Waals surface area (Å²) < 4.78 is 22.4. The van der Waals surface area contributed by atoms with Crippen LogP contribution in [0.1, 0.15) is 31.7 Å². The van der Waals surface area contributed by atoms with E-state index in [2.05, 4.69) is 0 Å². The highest BCUT2D eigenvalue weighted by Gasteiger charge is 2.09. The summed E-state index contributed by atoms with van der Waals surface area (Å²) in [4.78, 5) is 22.5. The molecule has 0 amide bonds. The van der Waals surface area contributed by atoms with Crippen molar-refractivity contribution < 1.29 is 23.5 Å². The zero-order valence-electron chi connectivity index (χ0n) is 10.9. The van der Waals surface area contributed by atoms with Crippen molar-refractivity contribution in [2.75, 3.05) is 6.61 Å². The molecule has 0 radical (unpaired) electrons. The smallest absolute Gasteiger partial charge is 0.306 e. The molecule has 0 saturated carbocycles. The van der Waals surface area contributed by atoms with Gasteiger partial charge < -0.3 is 9.47 Å². The van der Waals surface area contributed by atoms with E-state index in [1.807, 2.05) is 6.92 Å². The van der Waals surface area contributed by atoms with Gasteiger partial charge in [-0.1, -0.05) is 19.1 Å². The third-order valence-electron chi connectivity index (χ3n) is 2.31. The average Bonchev–Trinajstić information content (AvgIpc) is 2.42. The van der Waals surface area contributed by atoms with Crippen LogP contribution < -0.4 is 0 Å². The Morgan fingerprint density at radius 1 is 1.05 bits per heavy atom. The Kier molecular flexibility index (Phi) is 6.57. The average molecular weight is 268 g/mol. The molecule has 1 rings (SSSR count). The third kappa shape index (κ3) is 6.55. The maximum atomic E-state index is 12.6. The molecule has 0 atom stereocenters. The number of esters is 2. The second kappa shape index (κ2) is 8.24. The second-order valence-electron chi connectivity index (χ2n) is 4.01. The van der Waals surface area contributed by atoms with Crippen molar-refractivity contribution in [2.24, 2.45) is 0 Å². The largest absolute Gasteiger partial charge is 0.466 e. The third-order valence-corrected chi connectivity index (χ3v) is 2.31. The first-order valence-electron chi connectivity index (χ1n) is 6.17. The molecule has 0 aliphatic carbocycles. The highest BCUT2D eigenvalue weighted by molar-refractivity contribution is 5.77. The quantitative estimate of drug-likeness (QED) is 0.713. The van der Waals surface area contributed by atoms with E-state index in [0.717, 1.165) is 6.42 Å². The van der Waals surface area contributed by atoms with Crippen LogP contribution in [0.4, 0.5) is 4.39 Å². The highest BCUT2D eigenvalue weighted by Crippen LogP contribution is 2.05. The van der Waals surface area contributed by atoms with Crippen LogP contribution in [-0.4, -0.2) is 18.5 Å². The van der Waals surface area contributed by atoms with Gasteiger partial charge in [-0.15, -0.1) is 0 Å². The Morgan fingerprint density at radius 2 is 1.63 bits per heavy atom. The molecule has 104 valence electrons. The molecular weight excluding hydrogens is 251 g/mol. The van der Waals surface area contributed by atoms with E-state index in [1.165, 1.54) is 24.3 Å². The van der Waals surface area contributed by atoms with E-state index in [4.69, 9.17) is 9.47 Å². The standard InChI is InChI=1S/C14H17FO4/c1-2-9-18-13(16)7-8-14(17)19-10-11-3-5-12(15)6-4-11/h3-6H,2,7-10H2,1H3. The lowest BCUT2D eigenvalue weighted by molar-refractivity contribution is -0.151. The molecule has 0 fully saturated rings. The predicted molar refractivity (Wildman–Crippen MR) is 66.7 cm³/mol. The van der Waals surface area contributed by atoms with Crippen molar-refractivity contribution in [1.82, 2.24) is 0 Å². The summed E-state index contributed by atoms with van der Waals surface area (Å²) in [6.45, 7) is 2.33. The van der Waals surface area contributed by atoms with E-state index < -0.39 is 11.9 Å². The molecule has 0 spiro atoms. The van der Waals surface area contributed by atoms with Crippen molar-refractivity contribution in [3.8, 4) is 0 Å². The molecule has 0 bridgehead atoms. The van der Waals surface area contributed by atoms with Crippen LogP contribution in [0.25, 0.3) is 0 Å². The summed E-state index contributed by atoms with van der Waals surface area (Å²) in [5.74, 6) is -1.22. The zero-order chi connectivity index (χ0) is 14.1.